The number of hydrogen-bond donors (Lipinski definition) is 1. The van der Waals surface area contributed by atoms with Gasteiger partial charge in [-0.25, -0.2) is 22.5 Å². The molecule has 128 valence electrons. The maximum Gasteiger partial charge on any atom is 0.240 e. The number of aromatic nitrogens is 1. The molecule has 0 saturated heterocycles. The summed E-state index contributed by atoms with van der Waals surface area (Å²) >= 11 is 0. The van der Waals surface area contributed by atoms with Gasteiger partial charge in [0.25, 0.3) is 0 Å². The van der Waals surface area contributed by atoms with E-state index in [1.165, 1.54) is 18.2 Å². The van der Waals surface area contributed by atoms with Crippen LogP contribution in [0.4, 0.5) is 4.39 Å². The van der Waals surface area contributed by atoms with Gasteiger partial charge in [-0.1, -0.05) is 12.1 Å². The van der Waals surface area contributed by atoms with Crippen molar-refractivity contribution in [2.45, 2.75) is 42.7 Å². The second-order valence-electron chi connectivity index (χ2n) is 5.84. The predicted molar refractivity (Wildman–Crippen MR) is 87.6 cm³/mol. The molecule has 0 bridgehead atoms. The van der Waals surface area contributed by atoms with E-state index in [1.54, 1.807) is 12.3 Å². The second kappa shape index (κ2) is 7.27. The highest BCUT2D eigenvalue weighted by atomic mass is 32.2. The molecule has 3 rings (SSSR count). The highest BCUT2D eigenvalue weighted by Gasteiger charge is 2.27. The highest BCUT2D eigenvalue weighted by Crippen LogP contribution is 2.24. The third kappa shape index (κ3) is 4.30. The van der Waals surface area contributed by atoms with E-state index in [9.17, 15) is 12.8 Å². The summed E-state index contributed by atoms with van der Waals surface area (Å²) in [7, 11) is -3.70. The van der Waals surface area contributed by atoms with Crippen LogP contribution in [0, 0.1) is 5.82 Å². The Morgan fingerprint density at radius 1 is 1.08 bits per heavy atom. The molecule has 1 heterocycles. The molecule has 0 unspecified atom stereocenters. The molecule has 0 radical (unpaired) electrons. The van der Waals surface area contributed by atoms with Crippen LogP contribution in [0.2, 0.25) is 0 Å². The van der Waals surface area contributed by atoms with E-state index in [2.05, 4.69) is 9.71 Å². The first kappa shape index (κ1) is 16.9. The van der Waals surface area contributed by atoms with Crippen molar-refractivity contribution in [3.05, 3.63) is 54.5 Å². The summed E-state index contributed by atoms with van der Waals surface area (Å²) in [5.74, 6) is 0.0200. The van der Waals surface area contributed by atoms with Crippen LogP contribution in [0.1, 0.15) is 25.7 Å². The van der Waals surface area contributed by atoms with Crippen LogP contribution in [-0.2, 0) is 10.0 Å². The van der Waals surface area contributed by atoms with Crippen molar-refractivity contribution in [1.82, 2.24) is 9.71 Å². The molecule has 1 fully saturated rings. The van der Waals surface area contributed by atoms with Crippen molar-refractivity contribution in [2.75, 3.05) is 0 Å². The van der Waals surface area contributed by atoms with Crippen LogP contribution in [0.5, 0.6) is 5.88 Å². The van der Waals surface area contributed by atoms with Gasteiger partial charge in [-0.3, -0.25) is 0 Å². The quantitative estimate of drug-likeness (QED) is 0.900. The fourth-order valence-electron chi connectivity index (χ4n) is 2.81. The number of hydrogen-bond acceptors (Lipinski definition) is 4. The Labute approximate surface area is 140 Å². The number of sulfonamides is 1. The summed E-state index contributed by atoms with van der Waals surface area (Å²) in [5.41, 5.74) is 0. The zero-order valence-corrected chi connectivity index (χ0v) is 13.9. The van der Waals surface area contributed by atoms with Gasteiger partial charge in [-0.2, -0.15) is 0 Å². The molecule has 2 aromatic rings. The Hall–Kier alpha value is -1.99. The van der Waals surface area contributed by atoms with Crippen LogP contribution >= 0.6 is 0 Å². The van der Waals surface area contributed by atoms with E-state index in [-0.39, 0.29) is 17.0 Å². The lowest BCUT2D eigenvalue weighted by Gasteiger charge is -2.29. The largest absolute Gasteiger partial charge is 0.474 e. The summed E-state index contributed by atoms with van der Waals surface area (Å²) in [6.07, 6.45) is 4.54. The molecule has 1 N–H and O–H groups in total. The van der Waals surface area contributed by atoms with Crippen molar-refractivity contribution in [2.24, 2.45) is 0 Å². The lowest BCUT2D eigenvalue weighted by Crippen LogP contribution is -2.39. The van der Waals surface area contributed by atoms with E-state index in [1.807, 2.05) is 12.1 Å². The SMILES string of the molecule is O=S(=O)(NC1CCC(Oc2ccccn2)CC1)c1cccc(F)c1. The molecule has 0 aliphatic heterocycles. The molecule has 0 spiro atoms. The Bertz CT molecular complexity index is 775. The number of nitrogens with one attached hydrogen (secondary N) is 1. The summed E-state index contributed by atoms with van der Waals surface area (Å²) in [5, 5.41) is 0. The molecule has 7 heteroatoms. The van der Waals surface area contributed by atoms with Gasteiger partial charge in [-0.15, -0.1) is 0 Å². The summed E-state index contributed by atoms with van der Waals surface area (Å²) < 4.78 is 46.3. The minimum absolute atomic E-state index is 0.0369. The number of ether oxygens (including phenoxy) is 1. The number of nitrogens with zero attached hydrogens (tertiary/aromatic N) is 1. The van der Waals surface area contributed by atoms with Crippen molar-refractivity contribution in [3.63, 3.8) is 0 Å². The van der Waals surface area contributed by atoms with Crippen LogP contribution < -0.4 is 9.46 Å². The van der Waals surface area contributed by atoms with Gasteiger partial charge in [0.05, 0.1) is 4.90 Å². The van der Waals surface area contributed by atoms with Gasteiger partial charge in [0, 0.05) is 18.3 Å². The van der Waals surface area contributed by atoms with E-state index in [4.69, 9.17) is 4.74 Å². The minimum atomic E-state index is -3.70. The average Bonchev–Trinajstić information content (AvgIpc) is 2.57. The molecule has 1 aliphatic rings. The van der Waals surface area contributed by atoms with Crippen molar-refractivity contribution in [3.8, 4) is 5.88 Å². The minimum Gasteiger partial charge on any atom is -0.474 e. The maximum absolute atomic E-state index is 13.2. The van der Waals surface area contributed by atoms with Gasteiger partial charge < -0.3 is 4.74 Å². The van der Waals surface area contributed by atoms with Crippen molar-refractivity contribution >= 4 is 10.0 Å². The molecule has 1 saturated carbocycles. The second-order valence-corrected chi connectivity index (χ2v) is 7.55. The van der Waals surface area contributed by atoms with Crippen LogP contribution in [-0.4, -0.2) is 25.5 Å². The molecule has 0 atom stereocenters. The van der Waals surface area contributed by atoms with Crippen molar-refractivity contribution < 1.29 is 17.5 Å². The monoisotopic (exact) mass is 350 g/mol. The topological polar surface area (TPSA) is 68.3 Å². The number of rotatable bonds is 5. The Balaban J connectivity index is 1.55. The number of pyridine rings is 1. The van der Waals surface area contributed by atoms with E-state index >= 15 is 0 Å². The van der Waals surface area contributed by atoms with E-state index < -0.39 is 15.8 Å². The van der Waals surface area contributed by atoms with Crippen LogP contribution in [0.3, 0.4) is 0 Å². The fourth-order valence-corrected chi connectivity index (χ4v) is 4.14. The molecular formula is C17H19FN2O3S. The zero-order valence-electron chi connectivity index (χ0n) is 13.1. The first-order chi connectivity index (χ1) is 11.5. The lowest BCUT2D eigenvalue weighted by molar-refractivity contribution is 0.138. The summed E-state index contributed by atoms with van der Waals surface area (Å²) in [4.78, 5) is 4.08. The van der Waals surface area contributed by atoms with E-state index in [0.29, 0.717) is 18.7 Å². The molecule has 1 aliphatic carbocycles. The summed E-state index contributed by atoms with van der Waals surface area (Å²) in [6.45, 7) is 0. The standard InChI is InChI=1S/C17H19FN2O3S/c18-13-4-3-5-16(12-13)24(21,22)20-14-7-9-15(10-8-14)23-17-6-1-2-11-19-17/h1-6,11-12,14-15,20H,7-10H2. The molecule has 0 amide bonds. The van der Waals surface area contributed by atoms with Gasteiger partial charge in [0.15, 0.2) is 0 Å². The molecule has 1 aromatic carbocycles. The molecule has 24 heavy (non-hydrogen) atoms. The smallest absolute Gasteiger partial charge is 0.240 e. The van der Waals surface area contributed by atoms with Gasteiger partial charge in [0.2, 0.25) is 15.9 Å². The Morgan fingerprint density at radius 3 is 2.54 bits per heavy atom. The first-order valence-corrected chi connectivity index (χ1v) is 9.37. The third-order valence-corrected chi connectivity index (χ3v) is 5.55. The highest BCUT2D eigenvalue weighted by molar-refractivity contribution is 7.89. The first-order valence-electron chi connectivity index (χ1n) is 7.88. The van der Waals surface area contributed by atoms with Crippen LogP contribution in [0.25, 0.3) is 0 Å². The van der Waals surface area contributed by atoms with Crippen LogP contribution in [0.15, 0.2) is 53.6 Å². The van der Waals surface area contributed by atoms with Gasteiger partial charge >= 0.3 is 0 Å². The van der Waals surface area contributed by atoms with Crippen molar-refractivity contribution in [1.29, 1.82) is 0 Å². The number of halogens is 1. The third-order valence-electron chi connectivity index (χ3n) is 4.03. The predicted octanol–water partition coefficient (Wildman–Crippen LogP) is 2.89. The van der Waals surface area contributed by atoms with Gasteiger partial charge in [0.1, 0.15) is 11.9 Å². The van der Waals surface area contributed by atoms with E-state index in [0.717, 1.165) is 18.9 Å². The van der Waals surface area contributed by atoms with Gasteiger partial charge in [-0.05, 0) is 49.9 Å². The lowest BCUT2D eigenvalue weighted by atomic mass is 9.94. The summed E-state index contributed by atoms with van der Waals surface area (Å²) in [6, 6.07) is 10.4. The Kier molecular flexibility index (Phi) is 5.11. The molecule has 5 nitrogen and oxygen atoms in total. The maximum atomic E-state index is 13.2. The fraction of sp³-hybridized carbons (Fsp3) is 0.353. The molecular weight excluding hydrogens is 331 g/mol. The number of benzene rings is 1. The zero-order chi connectivity index (χ0) is 17.0. The molecule has 1 aromatic heterocycles. The normalized spacial score (nSPS) is 21.4. The average molecular weight is 350 g/mol. The Morgan fingerprint density at radius 2 is 1.88 bits per heavy atom.